The second kappa shape index (κ2) is 3.24. The van der Waals surface area contributed by atoms with Crippen LogP contribution in [0.4, 0.5) is 0 Å². The van der Waals surface area contributed by atoms with Crippen molar-refractivity contribution in [3.05, 3.63) is 34.7 Å². The maximum Gasteiger partial charge on any atom is 0.326 e. The summed E-state index contributed by atoms with van der Waals surface area (Å²) >= 11 is 0. The molecule has 1 aliphatic heterocycles. The molecule has 15 heavy (non-hydrogen) atoms. The number of aromatic nitrogens is 2. The van der Waals surface area contributed by atoms with Gasteiger partial charge in [-0.15, -0.1) is 0 Å². The Labute approximate surface area is 88.4 Å². The second-order valence-corrected chi connectivity index (χ2v) is 3.96. The third-order valence-corrected chi connectivity index (χ3v) is 3.02. The molecule has 3 rings (SSSR count). The van der Waals surface area contributed by atoms with E-state index < -0.39 is 0 Å². The predicted molar refractivity (Wildman–Crippen MR) is 61.2 cm³/mol. The van der Waals surface area contributed by atoms with E-state index in [0.717, 1.165) is 30.5 Å². The summed E-state index contributed by atoms with van der Waals surface area (Å²) in [6.07, 6.45) is 1.03. The van der Waals surface area contributed by atoms with Gasteiger partial charge in [-0.1, -0.05) is 12.1 Å². The number of aromatic amines is 1. The summed E-state index contributed by atoms with van der Waals surface area (Å²) in [7, 11) is 0. The predicted octanol–water partition coefficient (Wildman–Crippen LogP) is 1.11. The van der Waals surface area contributed by atoms with E-state index in [9.17, 15) is 4.79 Å². The molecule has 80 valence electrons. The van der Waals surface area contributed by atoms with E-state index in [2.05, 4.69) is 10.3 Å². The second-order valence-electron chi connectivity index (χ2n) is 3.96. The first-order chi connectivity index (χ1) is 7.36. The number of para-hydroxylation sites is 2. The SMILES string of the molecule is O=c1[nH]c2ccccc2n1C1CCNC1.[HH]. The first kappa shape index (κ1) is 8.73. The van der Waals surface area contributed by atoms with Crippen molar-refractivity contribution in [2.24, 2.45) is 0 Å². The van der Waals surface area contributed by atoms with Crippen LogP contribution in [-0.2, 0) is 0 Å². The largest absolute Gasteiger partial charge is 0.326 e. The molecule has 1 aromatic carbocycles. The fraction of sp³-hybridized carbons (Fsp3) is 0.364. The first-order valence-electron chi connectivity index (χ1n) is 5.26. The van der Waals surface area contributed by atoms with Gasteiger partial charge in [-0.2, -0.15) is 0 Å². The summed E-state index contributed by atoms with van der Waals surface area (Å²) in [5.41, 5.74) is 1.94. The molecule has 0 spiro atoms. The molecule has 1 aliphatic rings. The van der Waals surface area contributed by atoms with E-state index in [1.807, 2.05) is 28.8 Å². The number of fused-ring (bicyclic) bond motifs is 1. The van der Waals surface area contributed by atoms with E-state index >= 15 is 0 Å². The molecule has 2 aromatic rings. The van der Waals surface area contributed by atoms with Gasteiger partial charge >= 0.3 is 5.69 Å². The number of nitrogens with one attached hydrogen (secondary N) is 2. The molecule has 1 aromatic heterocycles. The molecule has 1 saturated heterocycles. The highest BCUT2D eigenvalue weighted by atomic mass is 16.1. The van der Waals surface area contributed by atoms with Gasteiger partial charge in [-0.05, 0) is 25.1 Å². The van der Waals surface area contributed by atoms with Crippen LogP contribution in [0.15, 0.2) is 29.1 Å². The van der Waals surface area contributed by atoms with Crippen molar-refractivity contribution in [3.8, 4) is 0 Å². The lowest BCUT2D eigenvalue weighted by Gasteiger charge is -2.09. The average molecular weight is 205 g/mol. The van der Waals surface area contributed by atoms with Crippen molar-refractivity contribution in [2.75, 3.05) is 13.1 Å². The van der Waals surface area contributed by atoms with Crippen LogP contribution >= 0.6 is 0 Å². The summed E-state index contributed by atoms with van der Waals surface area (Å²) in [5.74, 6) is 0. The van der Waals surface area contributed by atoms with Crippen LogP contribution in [0.25, 0.3) is 11.0 Å². The molecule has 1 fully saturated rings. The monoisotopic (exact) mass is 205 g/mol. The Morgan fingerprint density at radius 2 is 2.27 bits per heavy atom. The van der Waals surface area contributed by atoms with Crippen molar-refractivity contribution in [1.82, 2.24) is 14.9 Å². The zero-order valence-corrected chi connectivity index (χ0v) is 8.36. The quantitative estimate of drug-likeness (QED) is 0.732. The highest BCUT2D eigenvalue weighted by molar-refractivity contribution is 5.75. The number of hydrogen-bond acceptors (Lipinski definition) is 2. The highest BCUT2D eigenvalue weighted by Gasteiger charge is 2.20. The molecule has 0 aliphatic carbocycles. The summed E-state index contributed by atoms with van der Waals surface area (Å²) in [4.78, 5) is 14.7. The Morgan fingerprint density at radius 1 is 1.40 bits per heavy atom. The van der Waals surface area contributed by atoms with Crippen LogP contribution in [0.2, 0.25) is 0 Å². The average Bonchev–Trinajstić information content (AvgIpc) is 2.82. The van der Waals surface area contributed by atoms with Crippen LogP contribution in [0.5, 0.6) is 0 Å². The fourth-order valence-electron chi connectivity index (χ4n) is 2.30. The molecule has 0 saturated carbocycles. The van der Waals surface area contributed by atoms with Crippen LogP contribution in [0.1, 0.15) is 13.9 Å². The number of H-pyrrole nitrogens is 1. The topological polar surface area (TPSA) is 49.8 Å². The van der Waals surface area contributed by atoms with Gasteiger partial charge < -0.3 is 10.3 Å². The lowest BCUT2D eigenvalue weighted by atomic mass is 10.2. The maximum absolute atomic E-state index is 11.8. The van der Waals surface area contributed by atoms with Gasteiger partial charge in [0.15, 0.2) is 0 Å². The van der Waals surface area contributed by atoms with Crippen LogP contribution in [0.3, 0.4) is 0 Å². The molecule has 1 unspecified atom stereocenters. The van der Waals surface area contributed by atoms with Crippen molar-refractivity contribution in [3.63, 3.8) is 0 Å². The molecule has 4 heteroatoms. The van der Waals surface area contributed by atoms with Gasteiger partial charge in [0.05, 0.1) is 17.1 Å². The Bertz CT molecular complexity index is 539. The molecule has 0 radical (unpaired) electrons. The van der Waals surface area contributed by atoms with E-state index in [1.165, 1.54) is 0 Å². The number of imidazole rings is 1. The van der Waals surface area contributed by atoms with Crippen molar-refractivity contribution < 1.29 is 1.43 Å². The van der Waals surface area contributed by atoms with Crippen LogP contribution < -0.4 is 11.0 Å². The Kier molecular flexibility index (Phi) is 1.89. The maximum atomic E-state index is 11.8. The molecule has 0 bridgehead atoms. The molecule has 1 atom stereocenters. The Hall–Kier alpha value is -1.55. The molecule has 2 heterocycles. The van der Waals surface area contributed by atoms with E-state index in [4.69, 9.17) is 0 Å². The van der Waals surface area contributed by atoms with Gasteiger partial charge in [0, 0.05) is 7.97 Å². The molecule has 4 nitrogen and oxygen atoms in total. The lowest BCUT2D eigenvalue weighted by Crippen LogP contribution is -2.23. The number of rotatable bonds is 1. The minimum atomic E-state index is 0. The number of benzene rings is 1. The van der Waals surface area contributed by atoms with Crippen LogP contribution in [-0.4, -0.2) is 22.6 Å². The van der Waals surface area contributed by atoms with Crippen molar-refractivity contribution in [1.29, 1.82) is 0 Å². The van der Waals surface area contributed by atoms with Gasteiger partial charge in [0.2, 0.25) is 0 Å². The Morgan fingerprint density at radius 3 is 3.07 bits per heavy atom. The van der Waals surface area contributed by atoms with Gasteiger partial charge in [0.25, 0.3) is 0 Å². The third kappa shape index (κ3) is 1.29. The third-order valence-electron chi connectivity index (χ3n) is 3.02. The van der Waals surface area contributed by atoms with Gasteiger partial charge in [-0.3, -0.25) is 4.57 Å². The Balaban J connectivity index is 0.000000963. The van der Waals surface area contributed by atoms with Crippen molar-refractivity contribution >= 4 is 11.0 Å². The van der Waals surface area contributed by atoms with Crippen LogP contribution in [0, 0.1) is 0 Å². The standard InChI is InChI=1S/C11H13N3O.H2/c15-11-13-9-3-1-2-4-10(9)14(11)8-5-6-12-7-8;/h1-4,8,12H,5-7H2,(H,13,15);1H. The smallest absolute Gasteiger partial charge is 0.315 e. The van der Waals surface area contributed by atoms with Gasteiger partial charge in [0.1, 0.15) is 0 Å². The summed E-state index contributed by atoms with van der Waals surface area (Å²) in [6, 6.07) is 8.14. The van der Waals surface area contributed by atoms with E-state index in [-0.39, 0.29) is 7.12 Å². The minimum absolute atomic E-state index is 0. The fourth-order valence-corrected chi connectivity index (χ4v) is 2.30. The zero-order valence-electron chi connectivity index (χ0n) is 8.36. The molecule has 2 N–H and O–H groups in total. The zero-order chi connectivity index (χ0) is 10.3. The summed E-state index contributed by atoms with van der Waals surface area (Å²) < 4.78 is 1.87. The number of hydrogen-bond donors (Lipinski definition) is 2. The minimum Gasteiger partial charge on any atom is -0.315 e. The molecule has 0 amide bonds. The normalized spacial score (nSPS) is 21.2. The first-order valence-corrected chi connectivity index (χ1v) is 5.26. The van der Waals surface area contributed by atoms with Crippen molar-refractivity contribution in [2.45, 2.75) is 12.5 Å². The molecular formula is C11H15N3O. The number of nitrogens with zero attached hydrogens (tertiary/aromatic N) is 1. The highest BCUT2D eigenvalue weighted by Crippen LogP contribution is 2.18. The lowest BCUT2D eigenvalue weighted by molar-refractivity contribution is 0.546. The van der Waals surface area contributed by atoms with E-state index in [0.29, 0.717) is 6.04 Å². The molecular weight excluding hydrogens is 190 g/mol. The summed E-state index contributed by atoms with van der Waals surface area (Å²) in [5, 5.41) is 3.28. The summed E-state index contributed by atoms with van der Waals surface area (Å²) in [6.45, 7) is 1.89. The van der Waals surface area contributed by atoms with Gasteiger partial charge in [-0.25, -0.2) is 4.79 Å². The van der Waals surface area contributed by atoms with E-state index in [1.54, 1.807) is 0 Å².